The number of nitrogens with one attached hydrogen (secondary N) is 11. The molecule has 10 amide bonds. The fourth-order valence-corrected chi connectivity index (χ4v) is 13.4. The summed E-state index contributed by atoms with van der Waals surface area (Å²) >= 11 is 0. The van der Waals surface area contributed by atoms with Crippen LogP contribution in [0.5, 0.6) is 5.75 Å². The number of carbonyl (C=O) groups is 10. The first-order valence-electron chi connectivity index (χ1n) is 31.5. The first-order chi connectivity index (χ1) is 46.0. The number of carboxylic acid groups (broad SMARTS) is 1. The van der Waals surface area contributed by atoms with E-state index in [-0.39, 0.29) is 62.3 Å². The van der Waals surface area contributed by atoms with Crippen molar-refractivity contribution < 1.29 is 63.3 Å². The number of hydrogen-bond acceptors (Lipinski definition) is 16. The Kier molecular flexibility index (Phi) is 27.9. The number of unbranched alkanes of at least 4 members (excludes halogenated alkanes) is 1. The molecule has 18 N–H and O–H groups in total. The van der Waals surface area contributed by atoms with Gasteiger partial charge in [-0.05, 0) is 96.8 Å². The van der Waals surface area contributed by atoms with Gasteiger partial charge in [-0.15, -0.1) is 0 Å². The van der Waals surface area contributed by atoms with E-state index in [1.807, 2.05) is 32.0 Å². The van der Waals surface area contributed by atoms with Crippen LogP contribution >= 0.6 is 21.6 Å². The van der Waals surface area contributed by atoms with Crippen LogP contribution in [0.15, 0.2) is 140 Å². The molecule has 1 fully saturated rings. The number of primary amides is 1. The maximum Gasteiger partial charge on any atom is 0.327 e. The zero-order valence-electron chi connectivity index (χ0n) is 53.7. The summed E-state index contributed by atoms with van der Waals surface area (Å²) in [5.74, 6) is -11.0. The van der Waals surface area contributed by atoms with Crippen molar-refractivity contribution >= 4 is 97.4 Å². The lowest BCUT2D eigenvalue weighted by Gasteiger charge is -2.33. The standard InChI is InChI=1S/C68H85N13O13S2/c1-38(2)56(43-24-26-45(71-4)27-25-43)58-66(91)76-53(34-44-35-72-48-20-12-11-19-47(44)48)62(87)73-49(21-13-14-30-69)59(84)80-57(39(3)82)65(90)75-50(31-40-15-7-5-8-16-40)60(85)78-55(67(92)93)37-96-95-36-54(64(89)74-51(63(88)81-58)32-41-17-9-6-10-18-41)77-61(86)52(79-68(70)94)33-42-22-28-46(83)29-23-42/h5-12,15-20,22-29,35,38-39,49-58,71-72,82-83H,13-14,21,30-34,36-37,69H2,1-4H3,(H,73,87)(H,74,89)(H,75,90)(H,76,91)(H,77,86)(H,78,85)(H,80,84)(H,81,88)(H,92,93)(H3,70,79,94)/t39-,49+,50+,51+,52+,53+,54+,55+,56?,57+,58+/m1/s1. The number of phenols is 1. The van der Waals surface area contributed by atoms with Crippen molar-refractivity contribution in [2.75, 3.05) is 30.4 Å². The van der Waals surface area contributed by atoms with E-state index in [9.17, 15) is 44.1 Å². The number of carbonyl (C=O) groups excluding carboxylic acids is 9. The summed E-state index contributed by atoms with van der Waals surface area (Å²) in [4.78, 5) is 149. The van der Waals surface area contributed by atoms with Crippen molar-refractivity contribution in [1.29, 1.82) is 0 Å². The lowest BCUT2D eigenvalue weighted by atomic mass is 9.81. The molecule has 28 heteroatoms. The maximum atomic E-state index is 15.8. The highest BCUT2D eigenvalue weighted by atomic mass is 33.1. The third-order valence-corrected chi connectivity index (χ3v) is 18.7. The number of anilines is 1. The fraction of sp³-hybridized carbons (Fsp3) is 0.382. The first kappa shape index (κ1) is 73.8. The molecule has 0 radical (unpaired) electrons. The van der Waals surface area contributed by atoms with Crippen LogP contribution < -0.4 is 64.6 Å². The van der Waals surface area contributed by atoms with Crippen LogP contribution in [-0.2, 0) is 68.8 Å². The first-order valence-corrected chi connectivity index (χ1v) is 34.0. The fourth-order valence-electron chi connectivity index (χ4n) is 11.1. The Morgan fingerprint density at radius 2 is 1.12 bits per heavy atom. The summed E-state index contributed by atoms with van der Waals surface area (Å²) in [6.07, 6.45) is -0.0812. The Morgan fingerprint density at radius 3 is 1.71 bits per heavy atom. The number of aliphatic hydroxyl groups is 1. The molecule has 1 saturated heterocycles. The van der Waals surface area contributed by atoms with Crippen molar-refractivity contribution in [3.8, 4) is 5.75 Å². The van der Waals surface area contributed by atoms with Gasteiger partial charge in [-0.25, -0.2) is 9.59 Å². The molecule has 96 heavy (non-hydrogen) atoms. The molecule has 0 aliphatic carbocycles. The Hall–Kier alpha value is -9.64. The van der Waals surface area contributed by atoms with Crippen molar-refractivity contribution in [3.63, 3.8) is 0 Å². The zero-order chi connectivity index (χ0) is 69.4. The predicted molar refractivity (Wildman–Crippen MR) is 367 cm³/mol. The summed E-state index contributed by atoms with van der Waals surface area (Å²) in [5, 5.41) is 59.8. The molecular weight excluding hydrogens is 1270 g/mol. The molecule has 1 aliphatic heterocycles. The summed E-state index contributed by atoms with van der Waals surface area (Å²) in [6, 6.07) is 22.2. The Bertz CT molecular complexity index is 3620. The molecular formula is C68H85N13O13S2. The Labute approximate surface area is 564 Å². The number of carboxylic acids is 1. The van der Waals surface area contributed by atoms with Gasteiger partial charge in [-0.3, -0.25) is 38.4 Å². The van der Waals surface area contributed by atoms with E-state index in [0.29, 0.717) is 45.1 Å². The van der Waals surface area contributed by atoms with Gasteiger partial charge in [0.2, 0.25) is 47.3 Å². The molecule has 0 saturated carbocycles. The van der Waals surface area contributed by atoms with Gasteiger partial charge >= 0.3 is 12.0 Å². The minimum absolute atomic E-state index is 0.0526. The SMILES string of the molecule is CNc1ccc(C(C(C)C)[C@@H]2NC(=O)[C@H](Cc3ccccc3)NC(=O)[C@@H](NC(=O)[C@H](Cc3ccc(O)cc3)NC(N)=O)CSSC[C@@H](C(=O)O)NC(=O)[C@H](Cc3ccccc3)NC(=O)[C@H]([C@@H](C)O)NC(=O)[C@H](CCCCN)NC(=O)[C@H](Cc3c[nH]c4ccccc34)NC2=O)cc1. The highest BCUT2D eigenvalue weighted by Gasteiger charge is 2.40. The van der Waals surface area contributed by atoms with Gasteiger partial charge in [0.15, 0.2) is 0 Å². The number of amides is 10. The number of nitrogens with two attached hydrogens (primary N) is 2. The summed E-state index contributed by atoms with van der Waals surface area (Å²) in [5.41, 5.74) is 15.7. The number of hydrogen-bond donors (Lipinski definition) is 16. The van der Waals surface area contributed by atoms with Crippen LogP contribution in [0, 0.1) is 5.92 Å². The number of H-pyrrole nitrogens is 1. The highest BCUT2D eigenvalue weighted by Crippen LogP contribution is 2.31. The number of para-hydroxylation sites is 1. The van der Waals surface area contributed by atoms with Crippen LogP contribution in [0.1, 0.15) is 73.8 Å². The number of urea groups is 1. The van der Waals surface area contributed by atoms with Gasteiger partial charge in [0.1, 0.15) is 60.1 Å². The molecule has 1 aliphatic rings. The van der Waals surface area contributed by atoms with Gasteiger partial charge in [0, 0.05) is 72.9 Å². The molecule has 0 bridgehead atoms. The van der Waals surface area contributed by atoms with E-state index in [1.54, 1.807) is 104 Å². The molecule has 2 heterocycles. The van der Waals surface area contributed by atoms with E-state index in [1.165, 1.54) is 31.2 Å². The lowest BCUT2D eigenvalue weighted by Crippen LogP contribution is -2.63. The molecule has 6 aromatic rings. The van der Waals surface area contributed by atoms with Crippen molar-refractivity contribution in [3.05, 3.63) is 167 Å². The molecule has 5 aromatic carbocycles. The molecule has 1 unspecified atom stereocenters. The van der Waals surface area contributed by atoms with Crippen LogP contribution in [0.2, 0.25) is 0 Å². The predicted octanol–water partition coefficient (Wildman–Crippen LogP) is 2.53. The van der Waals surface area contributed by atoms with Crippen molar-refractivity contribution in [2.45, 2.75) is 132 Å². The summed E-state index contributed by atoms with van der Waals surface area (Å²) in [7, 11) is 3.52. The van der Waals surface area contributed by atoms with Crippen LogP contribution in [0.4, 0.5) is 10.5 Å². The monoisotopic (exact) mass is 1360 g/mol. The largest absolute Gasteiger partial charge is 0.508 e. The number of phenolic OH excluding ortho intramolecular Hbond substituents is 1. The van der Waals surface area contributed by atoms with Crippen LogP contribution in [0.25, 0.3) is 10.9 Å². The molecule has 26 nitrogen and oxygen atoms in total. The second kappa shape index (κ2) is 36.3. The third-order valence-electron chi connectivity index (χ3n) is 16.3. The number of fused-ring (bicyclic) bond motifs is 1. The van der Waals surface area contributed by atoms with Crippen LogP contribution in [-0.4, -0.2) is 165 Å². The number of aromatic nitrogens is 1. The number of aromatic amines is 1. The number of aromatic hydroxyl groups is 1. The van der Waals surface area contributed by atoms with Crippen molar-refractivity contribution in [1.82, 2.24) is 52.8 Å². The van der Waals surface area contributed by atoms with E-state index in [2.05, 4.69) is 58.2 Å². The molecule has 11 atom stereocenters. The third kappa shape index (κ3) is 21.7. The smallest absolute Gasteiger partial charge is 0.327 e. The lowest BCUT2D eigenvalue weighted by molar-refractivity contribution is -0.141. The molecule has 0 spiro atoms. The van der Waals surface area contributed by atoms with E-state index >= 15 is 19.2 Å². The number of benzene rings is 5. The van der Waals surface area contributed by atoms with E-state index in [0.717, 1.165) is 27.3 Å². The number of aliphatic hydroxyl groups excluding tert-OH is 1. The Balaban J connectivity index is 1.36. The average Bonchev–Trinajstić information content (AvgIpc) is 1.21. The van der Waals surface area contributed by atoms with Gasteiger partial charge in [0.05, 0.1) is 6.10 Å². The summed E-state index contributed by atoms with van der Waals surface area (Å²) < 4.78 is 0. The molecule has 1 aromatic heterocycles. The van der Waals surface area contributed by atoms with Crippen molar-refractivity contribution in [2.24, 2.45) is 17.4 Å². The number of rotatable bonds is 21. The van der Waals surface area contributed by atoms with E-state index < -0.39 is 132 Å². The van der Waals surface area contributed by atoms with Gasteiger partial charge in [0.25, 0.3) is 0 Å². The number of aliphatic carboxylic acids is 1. The van der Waals surface area contributed by atoms with Gasteiger partial charge in [-0.1, -0.05) is 139 Å². The zero-order valence-corrected chi connectivity index (χ0v) is 55.3. The van der Waals surface area contributed by atoms with Crippen LogP contribution in [0.3, 0.4) is 0 Å². The topological polar surface area (TPSA) is 420 Å². The Morgan fingerprint density at radius 1 is 0.594 bits per heavy atom. The van der Waals surface area contributed by atoms with Gasteiger partial charge in [-0.2, -0.15) is 0 Å². The minimum atomic E-state index is -1.77. The summed E-state index contributed by atoms with van der Waals surface area (Å²) in [6.45, 7) is 5.13. The highest BCUT2D eigenvalue weighted by molar-refractivity contribution is 8.76. The normalized spacial score (nSPS) is 21.7. The molecule has 512 valence electrons. The second-order valence-corrected chi connectivity index (χ2v) is 26.3. The van der Waals surface area contributed by atoms with Gasteiger partial charge < -0.3 is 84.9 Å². The average molecular weight is 1360 g/mol. The molecule has 7 rings (SSSR count). The van der Waals surface area contributed by atoms with E-state index in [4.69, 9.17) is 11.5 Å². The minimum Gasteiger partial charge on any atom is -0.508 e. The maximum absolute atomic E-state index is 15.8. The quantitative estimate of drug-likeness (QED) is 0.0364. The second-order valence-electron chi connectivity index (χ2n) is 23.8.